The third-order valence-electron chi connectivity index (χ3n) is 2.80. The van der Waals surface area contributed by atoms with Crippen LogP contribution in [-0.2, 0) is 4.79 Å². The molecule has 2 heterocycles. The van der Waals surface area contributed by atoms with Crippen LogP contribution in [0.4, 0.5) is 5.69 Å². The van der Waals surface area contributed by atoms with Crippen molar-refractivity contribution in [3.05, 3.63) is 36.3 Å². The van der Waals surface area contributed by atoms with Crippen molar-refractivity contribution < 1.29 is 4.79 Å². The quantitative estimate of drug-likeness (QED) is 0.602. The Hall–Kier alpha value is -2.39. The predicted octanol–water partition coefficient (Wildman–Crippen LogP) is 0.333. The van der Waals surface area contributed by atoms with Crippen molar-refractivity contribution in [2.45, 2.75) is 0 Å². The molecule has 1 amide bonds. The van der Waals surface area contributed by atoms with Gasteiger partial charge in [0.1, 0.15) is 11.6 Å². The highest BCUT2D eigenvalue weighted by Crippen LogP contribution is 2.06. The van der Waals surface area contributed by atoms with Crippen LogP contribution in [0.5, 0.6) is 0 Å². The molecular weight excluding hydrogens is 242 g/mol. The normalized spacial score (nSPS) is 15.7. The molecule has 1 aliphatic rings. The molecule has 0 atom stereocenters. The molecule has 0 radical (unpaired) electrons. The zero-order chi connectivity index (χ0) is 13.5. The Morgan fingerprint density at radius 1 is 1.53 bits per heavy atom. The molecule has 1 saturated heterocycles. The van der Waals surface area contributed by atoms with Crippen LogP contribution >= 0.6 is 0 Å². The van der Waals surface area contributed by atoms with Crippen LogP contribution in [-0.4, -0.2) is 42.0 Å². The van der Waals surface area contributed by atoms with Crippen LogP contribution in [0.2, 0.25) is 0 Å². The van der Waals surface area contributed by atoms with Crippen molar-refractivity contribution in [3.8, 4) is 6.07 Å². The lowest BCUT2D eigenvalue weighted by Crippen LogP contribution is -2.46. The van der Waals surface area contributed by atoms with Gasteiger partial charge < -0.3 is 15.5 Å². The predicted molar refractivity (Wildman–Crippen MR) is 71.0 cm³/mol. The summed E-state index contributed by atoms with van der Waals surface area (Å²) in [7, 11) is 0. The Labute approximate surface area is 111 Å². The van der Waals surface area contributed by atoms with E-state index in [9.17, 15) is 4.79 Å². The van der Waals surface area contributed by atoms with Gasteiger partial charge in [-0.15, -0.1) is 0 Å². The average molecular weight is 257 g/mol. The van der Waals surface area contributed by atoms with Gasteiger partial charge in [-0.25, -0.2) is 0 Å². The SMILES string of the molecule is N#C/C(=C/Nc1cccnc1)C(=O)N1CCNCC1. The maximum atomic E-state index is 12.1. The van der Waals surface area contributed by atoms with Gasteiger partial charge in [-0.05, 0) is 12.1 Å². The lowest BCUT2D eigenvalue weighted by Gasteiger charge is -2.27. The zero-order valence-corrected chi connectivity index (χ0v) is 10.5. The molecule has 1 aromatic heterocycles. The number of rotatable bonds is 3. The first-order valence-electron chi connectivity index (χ1n) is 6.08. The summed E-state index contributed by atoms with van der Waals surface area (Å²) in [6.45, 7) is 2.79. The molecule has 0 spiro atoms. The highest BCUT2D eigenvalue weighted by molar-refractivity contribution is 5.97. The molecule has 19 heavy (non-hydrogen) atoms. The number of amides is 1. The number of nitrogens with one attached hydrogen (secondary N) is 2. The lowest BCUT2D eigenvalue weighted by molar-refractivity contribution is -0.127. The molecule has 2 rings (SSSR count). The number of aromatic nitrogens is 1. The van der Waals surface area contributed by atoms with Gasteiger partial charge in [0.2, 0.25) is 0 Å². The Bertz CT molecular complexity index is 500. The first-order valence-corrected chi connectivity index (χ1v) is 6.08. The fraction of sp³-hybridized carbons (Fsp3) is 0.308. The number of hydrogen-bond donors (Lipinski definition) is 2. The van der Waals surface area contributed by atoms with E-state index in [0.29, 0.717) is 13.1 Å². The van der Waals surface area contributed by atoms with Gasteiger partial charge in [0, 0.05) is 38.6 Å². The smallest absolute Gasteiger partial charge is 0.266 e. The molecule has 1 fully saturated rings. The molecule has 6 heteroatoms. The Morgan fingerprint density at radius 2 is 2.32 bits per heavy atom. The van der Waals surface area contributed by atoms with Crippen LogP contribution in [0, 0.1) is 11.3 Å². The van der Waals surface area contributed by atoms with Crippen molar-refractivity contribution in [3.63, 3.8) is 0 Å². The van der Waals surface area contributed by atoms with E-state index in [2.05, 4.69) is 15.6 Å². The summed E-state index contributed by atoms with van der Waals surface area (Å²) in [6, 6.07) is 5.53. The summed E-state index contributed by atoms with van der Waals surface area (Å²) >= 11 is 0. The number of pyridine rings is 1. The van der Waals surface area contributed by atoms with E-state index >= 15 is 0 Å². The molecule has 0 saturated carbocycles. The third-order valence-corrected chi connectivity index (χ3v) is 2.80. The summed E-state index contributed by atoms with van der Waals surface area (Å²) < 4.78 is 0. The summed E-state index contributed by atoms with van der Waals surface area (Å²) in [4.78, 5) is 17.7. The summed E-state index contributed by atoms with van der Waals surface area (Å²) in [5.74, 6) is -0.236. The van der Waals surface area contributed by atoms with E-state index < -0.39 is 0 Å². The van der Waals surface area contributed by atoms with Crippen molar-refractivity contribution in [1.82, 2.24) is 15.2 Å². The molecule has 2 N–H and O–H groups in total. The van der Waals surface area contributed by atoms with Crippen molar-refractivity contribution in [1.29, 1.82) is 5.26 Å². The fourth-order valence-corrected chi connectivity index (χ4v) is 1.78. The van der Waals surface area contributed by atoms with Crippen LogP contribution in [0.15, 0.2) is 36.3 Å². The standard InChI is InChI=1S/C13H15N5O/c14-8-11(9-17-12-2-1-3-16-10-12)13(19)18-6-4-15-5-7-18/h1-3,9-10,15,17H,4-7H2/b11-9-. The largest absolute Gasteiger partial charge is 0.359 e. The molecule has 1 aliphatic heterocycles. The second kappa shape index (κ2) is 6.52. The molecule has 1 aromatic rings. The Balaban J connectivity index is 2.03. The van der Waals surface area contributed by atoms with Gasteiger partial charge >= 0.3 is 0 Å². The Kier molecular flexibility index (Phi) is 4.48. The summed E-state index contributed by atoms with van der Waals surface area (Å²) in [5.41, 5.74) is 0.842. The Morgan fingerprint density at radius 3 is 2.95 bits per heavy atom. The highest BCUT2D eigenvalue weighted by Gasteiger charge is 2.19. The highest BCUT2D eigenvalue weighted by atomic mass is 16.2. The van der Waals surface area contributed by atoms with Gasteiger partial charge in [-0.2, -0.15) is 5.26 Å². The maximum Gasteiger partial charge on any atom is 0.266 e. The monoisotopic (exact) mass is 257 g/mol. The van der Waals surface area contributed by atoms with Crippen LogP contribution < -0.4 is 10.6 Å². The average Bonchev–Trinajstić information content (AvgIpc) is 2.49. The molecule has 0 aliphatic carbocycles. The van der Waals surface area contributed by atoms with Crippen molar-refractivity contribution in [2.75, 3.05) is 31.5 Å². The number of piperazine rings is 1. The minimum atomic E-state index is -0.236. The maximum absolute atomic E-state index is 12.1. The van der Waals surface area contributed by atoms with E-state index in [1.54, 1.807) is 23.4 Å². The van der Waals surface area contributed by atoms with Gasteiger partial charge in [0.25, 0.3) is 5.91 Å². The van der Waals surface area contributed by atoms with Crippen molar-refractivity contribution in [2.24, 2.45) is 0 Å². The summed E-state index contributed by atoms with van der Waals surface area (Å²) in [5, 5.41) is 15.1. The van der Waals surface area contributed by atoms with Gasteiger partial charge in [-0.3, -0.25) is 9.78 Å². The van der Waals surface area contributed by atoms with E-state index in [-0.39, 0.29) is 11.5 Å². The van der Waals surface area contributed by atoms with Crippen molar-refractivity contribution >= 4 is 11.6 Å². The lowest BCUT2D eigenvalue weighted by atomic mass is 10.2. The topological polar surface area (TPSA) is 81.0 Å². The second-order valence-corrected chi connectivity index (χ2v) is 4.10. The minimum Gasteiger partial charge on any atom is -0.359 e. The third kappa shape index (κ3) is 3.53. The van der Waals surface area contributed by atoms with Crippen LogP contribution in [0.3, 0.4) is 0 Å². The molecule has 0 aromatic carbocycles. The van der Waals surface area contributed by atoms with Crippen LogP contribution in [0.25, 0.3) is 0 Å². The minimum absolute atomic E-state index is 0.103. The molecule has 98 valence electrons. The molecule has 0 unspecified atom stereocenters. The summed E-state index contributed by atoms with van der Waals surface area (Å²) in [6.07, 6.45) is 4.72. The number of anilines is 1. The first-order chi connectivity index (χ1) is 9.31. The zero-order valence-electron chi connectivity index (χ0n) is 10.5. The second-order valence-electron chi connectivity index (χ2n) is 4.10. The molecule has 6 nitrogen and oxygen atoms in total. The number of hydrogen-bond acceptors (Lipinski definition) is 5. The van der Waals surface area contributed by atoms with E-state index in [1.807, 2.05) is 12.1 Å². The van der Waals surface area contributed by atoms with E-state index in [4.69, 9.17) is 5.26 Å². The van der Waals surface area contributed by atoms with Gasteiger partial charge in [0.05, 0.1) is 11.9 Å². The molecule has 0 bridgehead atoms. The number of carbonyl (C=O) groups is 1. The van der Waals surface area contributed by atoms with Gasteiger partial charge in [0.15, 0.2) is 0 Å². The molecular formula is C13H15N5O. The van der Waals surface area contributed by atoms with E-state index in [1.165, 1.54) is 6.20 Å². The van der Waals surface area contributed by atoms with Crippen LogP contribution in [0.1, 0.15) is 0 Å². The fourth-order valence-electron chi connectivity index (χ4n) is 1.78. The number of nitrogens with zero attached hydrogens (tertiary/aromatic N) is 3. The first kappa shape index (κ1) is 13.1. The van der Waals surface area contributed by atoms with E-state index in [0.717, 1.165) is 18.8 Å². The number of carbonyl (C=O) groups excluding carboxylic acids is 1. The number of nitriles is 1. The van der Waals surface area contributed by atoms with Gasteiger partial charge in [-0.1, -0.05) is 0 Å².